The third-order valence-corrected chi connectivity index (χ3v) is 4.53. The van der Waals surface area contributed by atoms with E-state index in [2.05, 4.69) is 26.1 Å². The Bertz CT molecular complexity index is 605. The largest absolute Gasteiger partial charge is 0.312 e. The van der Waals surface area contributed by atoms with Gasteiger partial charge in [0.05, 0.1) is 5.69 Å². The monoisotopic (exact) mass is 306 g/mol. The molecule has 0 amide bonds. The number of thiazole rings is 1. The lowest BCUT2D eigenvalue weighted by Gasteiger charge is -2.05. The lowest BCUT2D eigenvalue weighted by molar-refractivity contribution is 0.619. The fourth-order valence-electron chi connectivity index (χ4n) is 2.17. The Hall–Kier alpha value is -1.26. The molecule has 0 aliphatic heterocycles. The second kappa shape index (κ2) is 7.14. The van der Waals surface area contributed by atoms with Crippen LogP contribution in [0, 0.1) is 12.7 Å². The van der Waals surface area contributed by atoms with Gasteiger partial charge in [0.25, 0.3) is 0 Å². The van der Waals surface area contributed by atoms with Gasteiger partial charge in [0, 0.05) is 17.0 Å². The van der Waals surface area contributed by atoms with Gasteiger partial charge in [-0.1, -0.05) is 32.9 Å². The lowest BCUT2D eigenvalue weighted by Crippen LogP contribution is -2.14. The van der Waals surface area contributed by atoms with Crippen molar-refractivity contribution >= 4 is 11.3 Å². The number of hydrogen-bond acceptors (Lipinski definition) is 3. The minimum atomic E-state index is -0.167. The molecule has 1 N–H and O–H groups in total. The van der Waals surface area contributed by atoms with E-state index in [9.17, 15) is 4.39 Å². The highest BCUT2D eigenvalue weighted by Crippen LogP contribution is 2.32. The molecule has 0 saturated heterocycles. The Kier molecular flexibility index (Phi) is 5.48. The van der Waals surface area contributed by atoms with Crippen LogP contribution in [0.5, 0.6) is 0 Å². The summed E-state index contributed by atoms with van der Waals surface area (Å²) in [7, 11) is 0. The van der Waals surface area contributed by atoms with Crippen LogP contribution in [0.2, 0.25) is 0 Å². The third kappa shape index (κ3) is 3.89. The molecular formula is C17H23FN2S. The molecule has 0 saturated carbocycles. The van der Waals surface area contributed by atoms with E-state index in [1.54, 1.807) is 24.3 Å². The molecule has 0 spiro atoms. The maximum atomic E-state index is 13.7. The van der Waals surface area contributed by atoms with E-state index in [-0.39, 0.29) is 5.82 Å². The van der Waals surface area contributed by atoms with Crippen molar-refractivity contribution in [1.29, 1.82) is 0 Å². The highest BCUT2D eigenvalue weighted by atomic mass is 32.1. The molecule has 2 nitrogen and oxygen atoms in total. The molecule has 2 rings (SSSR count). The zero-order valence-electron chi connectivity index (χ0n) is 13.2. The van der Waals surface area contributed by atoms with Crippen molar-refractivity contribution in [2.45, 2.75) is 46.6 Å². The van der Waals surface area contributed by atoms with Gasteiger partial charge >= 0.3 is 0 Å². The van der Waals surface area contributed by atoms with Crippen LogP contribution in [-0.4, -0.2) is 11.5 Å². The molecule has 0 fully saturated rings. The van der Waals surface area contributed by atoms with Gasteiger partial charge in [-0.3, -0.25) is 0 Å². The third-order valence-electron chi connectivity index (χ3n) is 3.41. The first-order valence-corrected chi connectivity index (χ1v) is 8.31. The predicted octanol–water partition coefficient (Wildman–Crippen LogP) is 4.88. The Labute approximate surface area is 130 Å². The Morgan fingerprint density at radius 2 is 2.10 bits per heavy atom. The van der Waals surface area contributed by atoms with Gasteiger partial charge in [-0.15, -0.1) is 11.3 Å². The first kappa shape index (κ1) is 16.1. The highest BCUT2D eigenvalue weighted by molar-refractivity contribution is 7.15. The topological polar surface area (TPSA) is 24.9 Å². The summed E-state index contributed by atoms with van der Waals surface area (Å²) in [6, 6.07) is 5.35. The van der Waals surface area contributed by atoms with Gasteiger partial charge < -0.3 is 5.32 Å². The fourth-order valence-corrected chi connectivity index (χ4v) is 3.35. The van der Waals surface area contributed by atoms with Crippen LogP contribution < -0.4 is 5.32 Å². The predicted molar refractivity (Wildman–Crippen MR) is 88.3 cm³/mol. The number of hydrogen-bond donors (Lipinski definition) is 1. The number of rotatable bonds is 6. The van der Waals surface area contributed by atoms with Crippen LogP contribution in [0.15, 0.2) is 18.2 Å². The molecule has 0 bridgehead atoms. The second-order valence-electron chi connectivity index (χ2n) is 5.62. The molecule has 0 radical (unpaired) electrons. The number of nitrogens with zero attached hydrogens (tertiary/aromatic N) is 1. The minimum absolute atomic E-state index is 0.167. The van der Waals surface area contributed by atoms with E-state index < -0.39 is 0 Å². The molecule has 114 valence electrons. The molecule has 1 aromatic heterocycles. The summed E-state index contributed by atoms with van der Waals surface area (Å²) in [5.74, 6) is 0.211. The average Bonchev–Trinajstić information content (AvgIpc) is 2.86. The summed E-state index contributed by atoms with van der Waals surface area (Å²) < 4.78 is 13.7. The number of benzene rings is 1. The lowest BCUT2D eigenvalue weighted by atomic mass is 10.1. The smallest absolute Gasteiger partial charge is 0.126 e. The Morgan fingerprint density at radius 1 is 1.33 bits per heavy atom. The Morgan fingerprint density at radius 3 is 2.71 bits per heavy atom. The standard InChI is InChI=1S/C17H23FN2S/c1-5-8-19-10-15-16(11(2)3)20-17(21-15)13-7-6-12(4)14(18)9-13/h6-7,9,11,19H,5,8,10H2,1-4H3. The summed E-state index contributed by atoms with van der Waals surface area (Å²) in [4.78, 5) is 6.00. The summed E-state index contributed by atoms with van der Waals surface area (Å²) in [6.45, 7) is 10.1. The van der Waals surface area contributed by atoms with E-state index >= 15 is 0 Å². The van der Waals surface area contributed by atoms with E-state index in [4.69, 9.17) is 4.98 Å². The second-order valence-corrected chi connectivity index (χ2v) is 6.71. The van der Waals surface area contributed by atoms with E-state index in [1.807, 2.05) is 12.1 Å². The van der Waals surface area contributed by atoms with Crippen molar-refractivity contribution < 1.29 is 4.39 Å². The van der Waals surface area contributed by atoms with Gasteiger partial charge in [0.2, 0.25) is 0 Å². The van der Waals surface area contributed by atoms with E-state index in [1.165, 1.54) is 4.88 Å². The van der Waals surface area contributed by atoms with Crippen molar-refractivity contribution in [3.05, 3.63) is 40.2 Å². The van der Waals surface area contributed by atoms with Crippen LogP contribution >= 0.6 is 11.3 Å². The molecule has 0 atom stereocenters. The molecule has 0 unspecified atom stereocenters. The summed E-state index contributed by atoms with van der Waals surface area (Å²) in [5.41, 5.74) is 2.66. The summed E-state index contributed by atoms with van der Waals surface area (Å²) in [6.07, 6.45) is 1.12. The number of halogens is 1. The SMILES string of the molecule is CCCNCc1sc(-c2ccc(C)c(F)c2)nc1C(C)C. The summed E-state index contributed by atoms with van der Waals surface area (Å²) >= 11 is 1.67. The maximum Gasteiger partial charge on any atom is 0.126 e. The maximum absolute atomic E-state index is 13.7. The molecule has 4 heteroatoms. The Balaban J connectivity index is 2.31. The minimum Gasteiger partial charge on any atom is -0.312 e. The number of aryl methyl sites for hydroxylation is 1. The van der Waals surface area contributed by atoms with Crippen LogP contribution in [-0.2, 0) is 6.54 Å². The van der Waals surface area contributed by atoms with Gasteiger partial charge in [0.1, 0.15) is 10.8 Å². The number of aromatic nitrogens is 1. The van der Waals surface area contributed by atoms with Gasteiger partial charge in [-0.25, -0.2) is 9.37 Å². The molecule has 0 aliphatic rings. The first-order chi connectivity index (χ1) is 10.0. The molecule has 0 aliphatic carbocycles. The van der Waals surface area contributed by atoms with Gasteiger partial charge in [0.15, 0.2) is 0 Å². The van der Waals surface area contributed by atoms with Crippen molar-refractivity contribution in [2.24, 2.45) is 0 Å². The quantitative estimate of drug-likeness (QED) is 0.769. The molecule has 21 heavy (non-hydrogen) atoms. The summed E-state index contributed by atoms with van der Waals surface area (Å²) in [5, 5.41) is 4.34. The zero-order valence-corrected chi connectivity index (χ0v) is 14.0. The van der Waals surface area contributed by atoms with Crippen molar-refractivity contribution in [2.75, 3.05) is 6.54 Å². The number of nitrogens with one attached hydrogen (secondary N) is 1. The first-order valence-electron chi connectivity index (χ1n) is 7.49. The van der Waals surface area contributed by atoms with Crippen LogP contribution in [0.3, 0.4) is 0 Å². The highest BCUT2D eigenvalue weighted by Gasteiger charge is 2.15. The van der Waals surface area contributed by atoms with Gasteiger partial charge in [-0.2, -0.15) is 0 Å². The van der Waals surface area contributed by atoms with Crippen molar-refractivity contribution in [1.82, 2.24) is 10.3 Å². The zero-order chi connectivity index (χ0) is 15.4. The van der Waals surface area contributed by atoms with Crippen LogP contribution in [0.25, 0.3) is 10.6 Å². The van der Waals surface area contributed by atoms with E-state index in [0.717, 1.165) is 35.8 Å². The fraction of sp³-hybridized carbons (Fsp3) is 0.471. The normalized spacial score (nSPS) is 11.3. The van der Waals surface area contributed by atoms with Gasteiger partial charge in [-0.05, 0) is 37.4 Å². The molecule has 2 aromatic rings. The van der Waals surface area contributed by atoms with Crippen LogP contribution in [0.4, 0.5) is 4.39 Å². The van der Waals surface area contributed by atoms with Crippen molar-refractivity contribution in [3.63, 3.8) is 0 Å². The van der Waals surface area contributed by atoms with Crippen molar-refractivity contribution in [3.8, 4) is 10.6 Å². The van der Waals surface area contributed by atoms with Crippen LogP contribution in [0.1, 0.15) is 49.2 Å². The average molecular weight is 306 g/mol. The molecular weight excluding hydrogens is 283 g/mol. The van der Waals surface area contributed by atoms with E-state index in [0.29, 0.717) is 11.5 Å². The molecule has 1 heterocycles. The molecule has 1 aromatic carbocycles.